The summed E-state index contributed by atoms with van der Waals surface area (Å²) in [7, 11) is 0. The van der Waals surface area contributed by atoms with Crippen molar-refractivity contribution in [2.24, 2.45) is 0 Å². The maximum atomic E-state index is 13.2. The van der Waals surface area contributed by atoms with E-state index in [1.807, 2.05) is 0 Å². The third kappa shape index (κ3) is 2.22. The molecule has 96 valence electrons. The van der Waals surface area contributed by atoms with Crippen molar-refractivity contribution in [1.29, 1.82) is 0 Å². The van der Waals surface area contributed by atoms with Gasteiger partial charge in [-0.15, -0.1) is 0 Å². The molecule has 0 fully saturated rings. The lowest BCUT2D eigenvalue weighted by atomic mass is 10.2. The first-order valence-electron chi connectivity index (χ1n) is 5.26. The highest BCUT2D eigenvalue weighted by Crippen LogP contribution is 2.27. The van der Waals surface area contributed by atoms with Crippen molar-refractivity contribution in [3.8, 4) is 0 Å². The minimum Gasteiger partial charge on any atom is -0.354 e. The zero-order valence-electron chi connectivity index (χ0n) is 9.32. The molecule has 2 heterocycles. The first-order valence-corrected chi connectivity index (χ1v) is 5.64. The van der Waals surface area contributed by atoms with E-state index in [-0.39, 0.29) is 11.4 Å². The van der Waals surface area contributed by atoms with Crippen molar-refractivity contribution in [2.45, 2.75) is 0 Å². The number of nitrogens with zero attached hydrogens (tertiary/aromatic N) is 2. The Bertz CT molecular complexity index is 743. The van der Waals surface area contributed by atoms with E-state index in [4.69, 9.17) is 16.1 Å². The van der Waals surface area contributed by atoms with Gasteiger partial charge in [-0.3, -0.25) is 0 Å². The van der Waals surface area contributed by atoms with Crippen molar-refractivity contribution in [2.75, 3.05) is 5.32 Å². The average molecular weight is 282 g/mol. The van der Waals surface area contributed by atoms with Gasteiger partial charge in [0, 0.05) is 6.07 Å². The zero-order chi connectivity index (χ0) is 13.4. The van der Waals surface area contributed by atoms with Crippen molar-refractivity contribution in [3.63, 3.8) is 0 Å². The monoisotopic (exact) mass is 281 g/mol. The summed E-state index contributed by atoms with van der Waals surface area (Å²) in [5, 5.41) is 7.29. The van der Waals surface area contributed by atoms with Crippen LogP contribution < -0.4 is 5.32 Å². The van der Waals surface area contributed by atoms with Crippen molar-refractivity contribution in [3.05, 3.63) is 47.2 Å². The van der Waals surface area contributed by atoms with Gasteiger partial charge in [-0.05, 0) is 18.2 Å². The molecule has 0 atom stereocenters. The molecule has 0 aliphatic rings. The van der Waals surface area contributed by atoms with Crippen LogP contribution in [0.4, 0.5) is 20.3 Å². The Labute approximate surface area is 111 Å². The molecule has 0 amide bonds. The number of fused-ring (bicyclic) bond motifs is 1. The van der Waals surface area contributed by atoms with Crippen LogP contribution in [0.25, 0.3) is 11.0 Å². The molecule has 1 aromatic carbocycles. The second kappa shape index (κ2) is 4.47. The summed E-state index contributed by atoms with van der Waals surface area (Å²) in [5.41, 5.74) is 0.757. The lowest BCUT2D eigenvalue weighted by Gasteiger charge is -2.01. The number of rotatable bonds is 2. The van der Waals surface area contributed by atoms with Gasteiger partial charge in [0.15, 0.2) is 23.0 Å². The molecular formula is C12H6ClF2N3O. The van der Waals surface area contributed by atoms with Gasteiger partial charge in [0.2, 0.25) is 0 Å². The summed E-state index contributed by atoms with van der Waals surface area (Å²) >= 11 is 5.66. The smallest absolute Gasteiger partial charge is 0.181 e. The lowest BCUT2D eigenvalue weighted by Crippen LogP contribution is -1.92. The highest BCUT2D eigenvalue weighted by Gasteiger charge is 2.13. The molecule has 0 saturated heterocycles. The van der Waals surface area contributed by atoms with Gasteiger partial charge in [-0.2, -0.15) is 0 Å². The van der Waals surface area contributed by atoms with Crippen LogP contribution in [0.15, 0.2) is 35.0 Å². The quantitative estimate of drug-likeness (QED) is 0.724. The van der Waals surface area contributed by atoms with E-state index in [9.17, 15) is 8.78 Å². The number of hydrogen-bond acceptors (Lipinski definition) is 4. The van der Waals surface area contributed by atoms with E-state index >= 15 is 0 Å². The van der Waals surface area contributed by atoms with Crippen molar-refractivity contribution >= 4 is 34.1 Å². The highest BCUT2D eigenvalue weighted by molar-refractivity contribution is 6.29. The van der Waals surface area contributed by atoms with Crippen LogP contribution in [0.3, 0.4) is 0 Å². The van der Waals surface area contributed by atoms with Crippen LogP contribution in [-0.4, -0.2) is 10.1 Å². The predicted molar refractivity (Wildman–Crippen MR) is 66.5 cm³/mol. The van der Waals surface area contributed by atoms with Gasteiger partial charge in [0.1, 0.15) is 5.15 Å². The van der Waals surface area contributed by atoms with E-state index in [1.165, 1.54) is 6.20 Å². The SMILES string of the molecule is Fc1cc2onc(Nc3ccc(Cl)nc3)c2cc1F. The van der Waals surface area contributed by atoms with Gasteiger partial charge in [0.25, 0.3) is 0 Å². The van der Waals surface area contributed by atoms with Gasteiger partial charge in [-0.1, -0.05) is 16.8 Å². The number of nitrogens with one attached hydrogen (secondary N) is 1. The fourth-order valence-corrected chi connectivity index (χ4v) is 1.72. The van der Waals surface area contributed by atoms with E-state index in [2.05, 4.69) is 15.5 Å². The third-order valence-electron chi connectivity index (χ3n) is 2.50. The molecule has 0 spiro atoms. The number of halogens is 3. The zero-order valence-corrected chi connectivity index (χ0v) is 10.1. The predicted octanol–water partition coefficient (Wildman–Crippen LogP) is 3.90. The lowest BCUT2D eigenvalue weighted by molar-refractivity contribution is 0.455. The van der Waals surface area contributed by atoms with Crippen LogP contribution >= 0.6 is 11.6 Å². The van der Waals surface area contributed by atoms with Gasteiger partial charge >= 0.3 is 0 Å². The fraction of sp³-hybridized carbons (Fsp3) is 0. The molecule has 3 aromatic rings. The fourth-order valence-electron chi connectivity index (χ4n) is 1.61. The minimum atomic E-state index is -0.983. The Kier molecular flexibility index (Phi) is 2.79. The van der Waals surface area contributed by atoms with E-state index in [0.29, 0.717) is 16.2 Å². The first-order chi connectivity index (χ1) is 9.13. The summed E-state index contributed by atoms with van der Waals surface area (Å²) in [6, 6.07) is 5.23. The summed E-state index contributed by atoms with van der Waals surface area (Å²) in [5.74, 6) is -1.67. The molecule has 4 nitrogen and oxygen atoms in total. The Balaban J connectivity index is 2.01. The highest BCUT2D eigenvalue weighted by atomic mass is 35.5. The molecule has 2 aromatic heterocycles. The van der Waals surface area contributed by atoms with Crippen LogP contribution in [0.5, 0.6) is 0 Å². The Morgan fingerprint density at radius 2 is 1.95 bits per heavy atom. The molecule has 0 bridgehead atoms. The van der Waals surface area contributed by atoms with Gasteiger partial charge in [0.05, 0.1) is 17.3 Å². The maximum absolute atomic E-state index is 13.2. The maximum Gasteiger partial charge on any atom is 0.181 e. The molecular weight excluding hydrogens is 276 g/mol. The number of benzene rings is 1. The number of hydrogen-bond donors (Lipinski definition) is 1. The topological polar surface area (TPSA) is 51.0 Å². The number of pyridine rings is 1. The van der Waals surface area contributed by atoms with Crippen LogP contribution in [0.1, 0.15) is 0 Å². The molecule has 0 saturated carbocycles. The Hall–Kier alpha value is -2.21. The summed E-state index contributed by atoms with van der Waals surface area (Å²) in [4.78, 5) is 3.88. The van der Waals surface area contributed by atoms with Crippen molar-refractivity contribution in [1.82, 2.24) is 10.1 Å². The van der Waals surface area contributed by atoms with E-state index in [1.54, 1.807) is 12.1 Å². The Morgan fingerprint density at radius 3 is 2.68 bits per heavy atom. The average Bonchev–Trinajstić information content (AvgIpc) is 2.76. The second-order valence-corrected chi connectivity index (χ2v) is 4.18. The molecule has 0 aliphatic heterocycles. The molecule has 7 heteroatoms. The number of anilines is 2. The van der Waals surface area contributed by atoms with Crippen LogP contribution in [0.2, 0.25) is 5.15 Å². The molecule has 0 radical (unpaired) electrons. The third-order valence-corrected chi connectivity index (χ3v) is 2.73. The van der Waals surface area contributed by atoms with Crippen molar-refractivity contribution < 1.29 is 13.3 Å². The molecule has 19 heavy (non-hydrogen) atoms. The van der Waals surface area contributed by atoms with Crippen LogP contribution in [-0.2, 0) is 0 Å². The van der Waals surface area contributed by atoms with Gasteiger partial charge in [-0.25, -0.2) is 13.8 Å². The van der Waals surface area contributed by atoms with Crippen LogP contribution in [0, 0.1) is 11.6 Å². The van der Waals surface area contributed by atoms with E-state index in [0.717, 1.165) is 12.1 Å². The summed E-state index contributed by atoms with van der Waals surface area (Å²) < 4.78 is 31.1. The minimum absolute atomic E-state index is 0.156. The summed E-state index contributed by atoms with van der Waals surface area (Å²) in [6.45, 7) is 0. The molecule has 3 rings (SSSR count). The number of aromatic nitrogens is 2. The largest absolute Gasteiger partial charge is 0.354 e. The molecule has 0 unspecified atom stereocenters. The molecule has 0 aliphatic carbocycles. The second-order valence-electron chi connectivity index (χ2n) is 3.79. The summed E-state index contributed by atoms with van der Waals surface area (Å²) in [6.07, 6.45) is 1.49. The standard InChI is InChI=1S/C12H6ClF2N3O/c13-11-2-1-6(5-16-11)17-12-7-3-8(14)9(15)4-10(7)19-18-12/h1-5H,(H,17,18). The van der Waals surface area contributed by atoms with E-state index < -0.39 is 11.6 Å². The first kappa shape index (κ1) is 11.9. The normalized spacial score (nSPS) is 10.9. The Morgan fingerprint density at radius 1 is 1.16 bits per heavy atom. The molecule has 1 N–H and O–H groups in total. The van der Waals surface area contributed by atoms with Gasteiger partial charge < -0.3 is 9.84 Å².